The number of methoxy groups -OCH3 is 1. The van der Waals surface area contributed by atoms with Crippen molar-refractivity contribution in [2.45, 2.75) is 33.7 Å². The lowest BCUT2D eigenvalue weighted by atomic mass is 9.95. The van der Waals surface area contributed by atoms with Gasteiger partial charge in [-0.05, 0) is 91.8 Å². The Morgan fingerprint density at radius 1 is 0.979 bits per heavy atom. The predicted molar refractivity (Wildman–Crippen MR) is 179 cm³/mol. The molecule has 250 valence electrons. The summed E-state index contributed by atoms with van der Waals surface area (Å²) >= 11 is 3.16. The maximum atomic E-state index is 14.1. The van der Waals surface area contributed by atoms with Crippen LogP contribution in [0.3, 0.4) is 0 Å². The summed E-state index contributed by atoms with van der Waals surface area (Å²) < 4.78 is 35.0. The smallest absolute Gasteiger partial charge is 0.343 e. The fraction of sp³-hybridized carbons (Fsp3) is 0.344. The van der Waals surface area contributed by atoms with Crippen LogP contribution in [0.5, 0.6) is 23.0 Å². The molecule has 0 bridgehead atoms. The Labute approximate surface area is 287 Å². The van der Waals surface area contributed by atoms with Crippen molar-refractivity contribution in [3.63, 3.8) is 0 Å². The summed E-state index contributed by atoms with van der Waals surface area (Å²) in [6.45, 7) is 6.77. The number of esters is 2. The molecule has 0 radical (unpaired) electrons. The summed E-state index contributed by atoms with van der Waals surface area (Å²) in [5.74, 6) is -1.12. The Kier molecular flexibility index (Phi) is 12.0. The minimum absolute atomic E-state index is 0.115. The molecule has 1 atom stereocenters. The lowest BCUT2D eigenvalue weighted by Gasteiger charge is -2.25. The minimum Gasteiger partial charge on any atom is -0.490 e. The molecule has 0 amide bonds. The Morgan fingerprint density at radius 2 is 1.70 bits per heavy atom. The molecule has 2 heterocycles. The maximum absolute atomic E-state index is 14.1. The second kappa shape index (κ2) is 15.9. The van der Waals surface area contributed by atoms with Crippen molar-refractivity contribution in [3.8, 4) is 23.0 Å². The van der Waals surface area contributed by atoms with Crippen molar-refractivity contribution in [1.29, 1.82) is 0 Å². The van der Waals surface area contributed by atoms with Gasteiger partial charge in [0.05, 0.1) is 52.3 Å². The maximum Gasteiger partial charge on any atom is 0.343 e. The molecule has 0 aliphatic carbocycles. The van der Waals surface area contributed by atoms with Gasteiger partial charge in [0.25, 0.3) is 5.56 Å². The van der Waals surface area contributed by atoms with Crippen LogP contribution in [0.15, 0.2) is 51.4 Å². The van der Waals surface area contributed by atoms with E-state index < -0.39 is 36.1 Å². The molecule has 47 heavy (non-hydrogen) atoms. The summed E-state index contributed by atoms with van der Waals surface area (Å²) in [4.78, 5) is 55.3. The molecule has 2 aromatic carbocycles. The summed E-state index contributed by atoms with van der Waals surface area (Å²) in [5, 5.41) is 9.08. The van der Waals surface area contributed by atoms with Gasteiger partial charge in [0, 0.05) is 0 Å². The van der Waals surface area contributed by atoms with Crippen molar-refractivity contribution < 1.29 is 47.9 Å². The molecule has 1 N–H and O–H groups in total. The van der Waals surface area contributed by atoms with E-state index >= 15 is 0 Å². The number of hydrogen-bond donors (Lipinski definition) is 1. The van der Waals surface area contributed by atoms with E-state index in [1.54, 1.807) is 64.1 Å². The van der Waals surface area contributed by atoms with E-state index in [1.807, 2.05) is 22.6 Å². The third-order valence-electron chi connectivity index (χ3n) is 6.64. The number of fused-ring (bicyclic) bond motifs is 1. The Bertz CT molecular complexity index is 1900. The number of thiazole rings is 1. The van der Waals surface area contributed by atoms with Crippen LogP contribution in [-0.4, -0.2) is 67.7 Å². The van der Waals surface area contributed by atoms with Gasteiger partial charge < -0.3 is 33.5 Å². The lowest BCUT2D eigenvalue weighted by Crippen LogP contribution is -2.40. The van der Waals surface area contributed by atoms with Crippen LogP contribution < -0.4 is 33.8 Å². The molecule has 0 saturated heterocycles. The molecular formula is C32H33IN2O11S. The summed E-state index contributed by atoms with van der Waals surface area (Å²) in [6.07, 6.45) is 1.67. The molecule has 13 nitrogen and oxygen atoms in total. The van der Waals surface area contributed by atoms with Crippen molar-refractivity contribution in [2.75, 3.05) is 40.1 Å². The average Bonchev–Trinajstić information content (AvgIpc) is 3.32. The molecule has 0 unspecified atom stereocenters. The third kappa shape index (κ3) is 8.13. The van der Waals surface area contributed by atoms with Crippen LogP contribution in [0.25, 0.3) is 6.08 Å². The van der Waals surface area contributed by atoms with Gasteiger partial charge >= 0.3 is 17.9 Å². The van der Waals surface area contributed by atoms with E-state index in [9.17, 15) is 19.2 Å². The number of hydrogen-bond acceptors (Lipinski definition) is 12. The SMILES string of the molecule is CCOC(=O)C1=C(C)N=c2s/c(=C\c3cc(I)c(OCC(=O)O)c(OCC)c3)c(=O)n2[C@@H]1c1ccc(OCC(=O)OC)c(OCC)c1. The molecule has 1 aromatic heterocycles. The van der Waals surface area contributed by atoms with E-state index in [1.165, 1.54) is 11.7 Å². The van der Waals surface area contributed by atoms with Crippen LogP contribution in [0.2, 0.25) is 0 Å². The molecule has 0 spiro atoms. The number of nitrogens with zero attached hydrogens (tertiary/aromatic N) is 2. The van der Waals surface area contributed by atoms with Crippen LogP contribution in [0, 0.1) is 3.57 Å². The van der Waals surface area contributed by atoms with Crippen LogP contribution in [0.1, 0.15) is 44.9 Å². The molecule has 15 heteroatoms. The van der Waals surface area contributed by atoms with Crippen molar-refractivity contribution >= 4 is 57.9 Å². The van der Waals surface area contributed by atoms with Gasteiger partial charge in [-0.3, -0.25) is 9.36 Å². The first-order valence-corrected chi connectivity index (χ1v) is 16.4. The largest absolute Gasteiger partial charge is 0.490 e. The van der Waals surface area contributed by atoms with Gasteiger partial charge in [-0.2, -0.15) is 0 Å². The number of rotatable bonds is 14. The second-order valence-corrected chi connectivity index (χ2v) is 11.9. The molecule has 4 rings (SSSR count). The minimum atomic E-state index is -1.13. The highest BCUT2D eigenvalue weighted by atomic mass is 127. The number of carboxylic acid groups (broad SMARTS) is 1. The molecule has 0 saturated carbocycles. The molecule has 1 aliphatic heterocycles. The lowest BCUT2D eigenvalue weighted by molar-refractivity contribution is -0.143. The number of allylic oxidation sites excluding steroid dienone is 1. The van der Waals surface area contributed by atoms with Gasteiger partial charge in [-0.1, -0.05) is 17.4 Å². The highest BCUT2D eigenvalue weighted by Gasteiger charge is 2.34. The van der Waals surface area contributed by atoms with Gasteiger partial charge in [-0.15, -0.1) is 0 Å². The zero-order chi connectivity index (χ0) is 34.2. The number of halogens is 1. The molecule has 1 aliphatic rings. The van der Waals surface area contributed by atoms with E-state index in [-0.39, 0.29) is 36.9 Å². The van der Waals surface area contributed by atoms with E-state index in [0.717, 1.165) is 11.3 Å². The van der Waals surface area contributed by atoms with Crippen molar-refractivity contribution in [1.82, 2.24) is 4.57 Å². The fourth-order valence-electron chi connectivity index (χ4n) is 4.74. The van der Waals surface area contributed by atoms with Gasteiger partial charge in [0.15, 0.2) is 41.0 Å². The number of aliphatic carboxylic acids is 1. The Morgan fingerprint density at radius 3 is 2.36 bits per heavy atom. The summed E-state index contributed by atoms with van der Waals surface area (Å²) in [5.41, 5.74) is 1.30. The number of aromatic nitrogens is 1. The highest BCUT2D eigenvalue weighted by Crippen LogP contribution is 2.37. The molecular weight excluding hydrogens is 747 g/mol. The van der Waals surface area contributed by atoms with Crippen LogP contribution >= 0.6 is 33.9 Å². The first-order chi connectivity index (χ1) is 22.5. The van der Waals surface area contributed by atoms with Crippen LogP contribution in [-0.2, 0) is 23.9 Å². The van der Waals surface area contributed by atoms with Crippen LogP contribution in [0.4, 0.5) is 0 Å². The highest BCUT2D eigenvalue weighted by molar-refractivity contribution is 14.1. The van der Waals surface area contributed by atoms with E-state index in [4.69, 9.17) is 28.8 Å². The number of ether oxygens (including phenoxy) is 6. The normalized spacial score (nSPS) is 14.2. The fourth-order valence-corrected chi connectivity index (χ4v) is 6.57. The zero-order valence-electron chi connectivity index (χ0n) is 26.3. The van der Waals surface area contributed by atoms with Gasteiger partial charge in [-0.25, -0.2) is 19.4 Å². The monoisotopic (exact) mass is 780 g/mol. The third-order valence-corrected chi connectivity index (χ3v) is 8.43. The second-order valence-electron chi connectivity index (χ2n) is 9.75. The van der Waals surface area contributed by atoms with Gasteiger partial charge in [0.2, 0.25) is 0 Å². The predicted octanol–water partition coefficient (Wildman–Crippen LogP) is 3.22. The molecule has 0 fully saturated rings. The van der Waals surface area contributed by atoms with Crippen molar-refractivity contribution in [2.24, 2.45) is 4.99 Å². The topological polar surface area (TPSA) is 161 Å². The van der Waals surface area contributed by atoms with Crippen molar-refractivity contribution in [3.05, 3.63) is 76.0 Å². The Hall–Kier alpha value is -4.38. The number of carboxylic acids is 1. The zero-order valence-corrected chi connectivity index (χ0v) is 29.3. The summed E-state index contributed by atoms with van der Waals surface area (Å²) in [7, 11) is 1.25. The Balaban J connectivity index is 1.88. The molecule has 3 aromatic rings. The average molecular weight is 781 g/mol. The summed E-state index contributed by atoms with van der Waals surface area (Å²) in [6, 6.07) is 7.42. The first kappa shape index (κ1) is 35.5. The van der Waals surface area contributed by atoms with E-state index in [0.29, 0.717) is 47.8 Å². The van der Waals surface area contributed by atoms with E-state index in [2.05, 4.69) is 9.73 Å². The number of carbonyl (C=O) groups excluding carboxylic acids is 2. The quantitative estimate of drug-likeness (QED) is 0.189. The standard InChI is InChI=1S/C32H33IN2O11S/c1-6-42-22-14-19(9-10-21(22)45-16-26(38)41-5)28-27(31(40)44-8-3)17(4)34-32-35(28)30(39)24(47-32)13-18-11-20(33)29(46-15-25(36)37)23(12-18)43-7-2/h9-14,28H,6-8,15-16H2,1-5H3,(H,36,37)/b24-13-/t28-/m1/s1. The number of carbonyl (C=O) groups is 3. The van der Waals surface area contributed by atoms with Gasteiger partial charge in [0.1, 0.15) is 0 Å². The first-order valence-electron chi connectivity index (χ1n) is 14.5. The number of benzene rings is 2.